The summed E-state index contributed by atoms with van der Waals surface area (Å²) < 4.78 is 26.1. The van der Waals surface area contributed by atoms with Crippen LogP contribution >= 0.6 is 11.3 Å². The Bertz CT molecular complexity index is 607. The van der Waals surface area contributed by atoms with E-state index in [1.54, 1.807) is 6.92 Å². The third-order valence-electron chi connectivity index (χ3n) is 3.10. The first-order valence-electron chi connectivity index (χ1n) is 6.34. The molecule has 2 rings (SSSR count). The van der Waals surface area contributed by atoms with E-state index in [1.165, 1.54) is 11.4 Å². The molecule has 1 fully saturated rings. The molecule has 0 spiro atoms. The van der Waals surface area contributed by atoms with Crippen LogP contribution in [0.3, 0.4) is 0 Å². The number of nitrogens with one attached hydrogen (secondary N) is 1. The Hall–Kier alpha value is -1.19. The molecule has 0 aromatic carbocycles. The fraction of sp³-hybridized carbons (Fsp3) is 0.636. The summed E-state index contributed by atoms with van der Waals surface area (Å²) in [6.45, 7) is 2.78. The molecular formula is C11H17N3O4S2. The van der Waals surface area contributed by atoms with Crippen LogP contribution in [0.15, 0.2) is 10.3 Å². The van der Waals surface area contributed by atoms with Gasteiger partial charge in [-0.1, -0.05) is 11.3 Å². The highest BCUT2D eigenvalue weighted by molar-refractivity contribution is 7.91. The first kappa shape index (κ1) is 15.2. The van der Waals surface area contributed by atoms with E-state index in [4.69, 9.17) is 0 Å². The summed E-state index contributed by atoms with van der Waals surface area (Å²) in [6.07, 6.45) is 2.10. The van der Waals surface area contributed by atoms with Gasteiger partial charge in [0.2, 0.25) is 0 Å². The van der Waals surface area contributed by atoms with Gasteiger partial charge in [0, 0.05) is 26.2 Å². The molecule has 0 radical (unpaired) electrons. The van der Waals surface area contributed by atoms with Crippen molar-refractivity contribution < 1.29 is 13.3 Å². The van der Waals surface area contributed by atoms with Crippen LogP contribution in [0.4, 0.5) is 10.7 Å². The van der Waals surface area contributed by atoms with Crippen LogP contribution < -0.4 is 5.32 Å². The van der Waals surface area contributed by atoms with Crippen molar-refractivity contribution in [3.8, 4) is 0 Å². The summed E-state index contributed by atoms with van der Waals surface area (Å²) in [6, 6.07) is 1.14. The standard InChI is InChI=1S/C11H17N3O4S2/c1-3-12-11-9(14(15)16)6-10(19-11)20(17,18)13(2)7-8-4-5-8/h6,8,12H,3-5,7H2,1-2H3. The number of hydrogen-bond acceptors (Lipinski definition) is 6. The van der Waals surface area contributed by atoms with Gasteiger partial charge in [-0.2, -0.15) is 4.31 Å². The Balaban J connectivity index is 2.30. The summed E-state index contributed by atoms with van der Waals surface area (Å²) in [7, 11) is -2.12. The second-order valence-corrected chi connectivity index (χ2v) is 8.12. The SMILES string of the molecule is CCNc1sc(S(=O)(=O)N(C)CC2CC2)cc1[N+](=O)[O-]. The minimum atomic E-state index is -3.64. The Labute approximate surface area is 121 Å². The van der Waals surface area contributed by atoms with E-state index in [0.717, 1.165) is 30.2 Å². The fourth-order valence-corrected chi connectivity index (χ4v) is 4.68. The highest BCUT2D eigenvalue weighted by Gasteiger charge is 2.32. The predicted molar refractivity (Wildman–Crippen MR) is 77.7 cm³/mol. The average molecular weight is 319 g/mol. The quantitative estimate of drug-likeness (QED) is 0.614. The first-order chi connectivity index (χ1) is 9.36. The second-order valence-electron chi connectivity index (χ2n) is 4.80. The first-order valence-corrected chi connectivity index (χ1v) is 8.60. The number of thiophene rings is 1. The van der Waals surface area contributed by atoms with Crippen LogP contribution in [0.1, 0.15) is 19.8 Å². The molecule has 1 saturated carbocycles. The summed E-state index contributed by atoms with van der Waals surface area (Å²) >= 11 is 0.913. The van der Waals surface area contributed by atoms with Crippen molar-refractivity contribution >= 4 is 32.0 Å². The zero-order valence-corrected chi connectivity index (χ0v) is 13.0. The van der Waals surface area contributed by atoms with Crippen molar-refractivity contribution in [2.45, 2.75) is 24.0 Å². The molecule has 112 valence electrons. The monoisotopic (exact) mass is 319 g/mol. The highest BCUT2D eigenvalue weighted by Crippen LogP contribution is 2.39. The molecule has 1 N–H and O–H groups in total. The predicted octanol–water partition coefficient (Wildman–Crippen LogP) is 2.12. The van der Waals surface area contributed by atoms with Crippen LogP contribution in [0.2, 0.25) is 0 Å². The summed E-state index contributed by atoms with van der Waals surface area (Å²) in [5.74, 6) is 0.429. The molecule has 0 amide bonds. The number of hydrogen-bond donors (Lipinski definition) is 1. The lowest BCUT2D eigenvalue weighted by molar-refractivity contribution is -0.383. The zero-order valence-electron chi connectivity index (χ0n) is 11.3. The van der Waals surface area contributed by atoms with Crippen molar-refractivity contribution in [3.05, 3.63) is 16.2 Å². The van der Waals surface area contributed by atoms with Crippen LogP contribution in [0.25, 0.3) is 0 Å². The van der Waals surface area contributed by atoms with Gasteiger partial charge in [0.15, 0.2) is 5.00 Å². The van der Waals surface area contributed by atoms with Crippen LogP contribution in [-0.2, 0) is 10.0 Å². The zero-order chi connectivity index (χ0) is 14.9. The van der Waals surface area contributed by atoms with Crippen LogP contribution in [0, 0.1) is 16.0 Å². The molecule has 1 aromatic rings. The molecule has 0 aliphatic heterocycles. The van der Waals surface area contributed by atoms with Gasteiger partial charge in [-0.05, 0) is 25.7 Å². The lowest BCUT2D eigenvalue weighted by Gasteiger charge is -2.14. The molecule has 0 atom stereocenters. The minimum Gasteiger partial charge on any atom is -0.372 e. The smallest absolute Gasteiger partial charge is 0.304 e. The van der Waals surface area contributed by atoms with Crippen LogP contribution in [0.5, 0.6) is 0 Å². The van der Waals surface area contributed by atoms with Gasteiger partial charge < -0.3 is 5.32 Å². The molecular weight excluding hydrogens is 302 g/mol. The van der Waals surface area contributed by atoms with Crippen molar-refractivity contribution in [1.82, 2.24) is 4.31 Å². The Kier molecular flexibility index (Phi) is 4.31. The van der Waals surface area contributed by atoms with Gasteiger partial charge >= 0.3 is 5.69 Å². The van der Waals surface area contributed by atoms with E-state index in [9.17, 15) is 18.5 Å². The third-order valence-corrected chi connectivity index (χ3v) is 6.46. The highest BCUT2D eigenvalue weighted by atomic mass is 32.2. The largest absolute Gasteiger partial charge is 0.372 e. The number of rotatable bonds is 7. The molecule has 0 saturated heterocycles. The summed E-state index contributed by atoms with van der Waals surface area (Å²) in [4.78, 5) is 10.4. The van der Waals surface area contributed by atoms with Gasteiger partial charge in [-0.15, -0.1) is 0 Å². The van der Waals surface area contributed by atoms with E-state index in [-0.39, 0.29) is 14.9 Å². The van der Waals surface area contributed by atoms with Gasteiger partial charge in [0.05, 0.1) is 4.92 Å². The van der Waals surface area contributed by atoms with E-state index < -0.39 is 14.9 Å². The number of nitro groups is 1. The molecule has 9 heteroatoms. The molecule has 1 aliphatic carbocycles. The molecule has 0 bridgehead atoms. The lowest BCUT2D eigenvalue weighted by atomic mass is 10.4. The van der Waals surface area contributed by atoms with E-state index in [2.05, 4.69) is 5.32 Å². The average Bonchev–Trinajstić information content (AvgIpc) is 3.06. The van der Waals surface area contributed by atoms with Crippen molar-refractivity contribution in [2.24, 2.45) is 5.92 Å². The third kappa shape index (κ3) is 3.10. The van der Waals surface area contributed by atoms with Crippen molar-refractivity contribution in [1.29, 1.82) is 0 Å². The number of nitrogens with zero attached hydrogens (tertiary/aromatic N) is 2. The van der Waals surface area contributed by atoms with Crippen molar-refractivity contribution in [2.75, 3.05) is 25.5 Å². The molecule has 1 aliphatic rings. The molecule has 7 nitrogen and oxygen atoms in total. The summed E-state index contributed by atoms with van der Waals surface area (Å²) in [5, 5.41) is 14.1. The maximum Gasteiger partial charge on any atom is 0.304 e. The Morgan fingerprint density at radius 1 is 1.55 bits per heavy atom. The molecule has 20 heavy (non-hydrogen) atoms. The number of sulfonamides is 1. The Morgan fingerprint density at radius 3 is 2.70 bits per heavy atom. The fourth-order valence-electron chi connectivity index (χ4n) is 1.83. The van der Waals surface area contributed by atoms with Gasteiger partial charge in [-0.25, -0.2) is 8.42 Å². The van der Waals surface area contributed by atoms with Gasteiger partial charge in [-0.3, -0.25) is 10.1 Å². The normalized spacial score (nSPS) is 15.6. The molecule has 1 aromatic heterocycles. The number of anilines is 1. The minimum absolute atomic E-state index is 0.0169. The topological polar surface area (TPSA) is 92.6 Å². The summed E-state index contributed by atoms with van der Waals surface area (Å²) in [5.41, 5.74) is -0.185. The van der Waals surface area contributed by atoms with Crippen molar-refractivity contribution in [3.63, 3.8) is 0 Å². The lowest BCUT2D eigenvalue weighted by Crippen LogP contribution is -2.28. The maximum atomic E-state index is 12.4. The van der Waals surface area contributed by atoms with Crippen LogP contribution in [-0.4, -0.2) is 37.8 Å². The second kappa shape index (κ2) is 5.66. The van der Waals surface area contributed by atoms with E-state index in [0.29, 0.717) is 19.0 Å². The molecule has 0 unspecified atom stereocenters. The van der Waals surface area contributed by atoms with E-state index >= 15 is 0 Å². The molecule has 1 heterocycles. The van der Waals surface area contributed by atoms with Gasteiger partial charge in [0.1, 0.15) is 4.21 Å². The van der Waals surface area contributed by atoms with E-state index in [1.807, 2.05) is 0 Å². The Morgan fingerprint density at radius 2 is 2.20 bits per heavy atom. The van der Waals surface area contributed by atoms with Gasteiger partial charge in [0.25, 0.3) is 10.0 Å². The maximum absolute atomic E-state index is 12.4.